The molecule has 0 aliphatic carbocycles. The van der Waals surface area contributed by atoms with E-state index in [2.05, 4.69) is 17.4 Å². The van der Waals surface area contributed by atoms with E-state index in [0.29, 0.717) is 0 Å². The zero-order valence-corrected chi connectivity index (χ0v) is 15.0. The first-order valence-electron chi connectivity index (χ1n) is 8.93. The Morgan fingerprint density at radius 2 is 1.54 bits per heavy atom. The molecule has 0 fully saturated rings. The van der Waals surface area contributed by atoms with E-state index in [1.807, 2.05) is 66.7 Å². The van der Waals surface area contributed by atoms with Crippen molar-refractivity contribution in [2.45, 2.75) is 0 Å². The van der Waals surface area contributed by atoms with Gasteiger partial charge in [0, 0.05) is 22.5 Å². The molecule has 0 aliphatic heterocycles. The van der Waals surface area contributed by atoms with Gasteiger partial charge in [-0.15, -0.1) is 0 Å². The molecular weight excluding hydrogens is 348 g/mol. The molecule has 0 aliphatic rings. The number of carboxylic acid groups (broad SMARTS) is 1. The van der Waals surface area contributed by atoms with E-state index in [1.54, 1.807) is 6.08 Å². The second kappa shape index (κ2) is 7.76. The third-order valence-electron chi connectivity index (χ3n) is 4.38. The van der Waals surface area contributed by atoms with Crippen molar-refractivity contribution in [3.63, 3.8) is 0 Å². The smallest absolute Gasteiger partial charge is 0.328 e. The van der Waals surface area contributed by atoms with Crippen molar-refractivity contribution in [1.29, 1.82) is 0 Å². The predicted molar refractivity (Wildman–Crippen MR) is 115 cm³/mol. The molecule has 0 saturated heterocycles. The van der Waals surface area contributed by atoms with Crippen LogP contribution in [-0.4, -0.2) is 16.1 Å². The molecule has 4 heteroatoms. The average Bonchev–Trinajstić information content (AvgIpc) is 2.71. The number of carbonyl (C=O) groups is 1. The van der Waals surface area contributed by atoms with E-state index in [0.717, 1.165) is 44.8 Å². The number of nitrogens with zero attached hydrogens (tertiary/aromatic N) is 1. The minimum absolute atomic E-state index is 0.943. The highest BCUT2D eigenvalue weighted by Crippen LogP contribution is 2.33. The van der Waals surface area contributed by atoms with Crippen LogP contribution in [0.3, 0.4) is 0 Å². The summed E-state index contributed by atoms with van der Waals surface area (Å²) in [7, 11) is 0. The Bertz CT molecular complexity index is 1170. The molecule has 0 saturated carbocycles. The number of hydrogen-bond donors (Lipinski definition) is 2. The Balaban J connectivity index is 1.74. The number of para-hydroxylation sites is 2. The van der Waals surface area contributed by atoms with Crippen LogP contribution in [-0.2, 0) is 4.79 Å². The van der Waals surface area contributed by atoms with E-state index in [1.165, 1.54) is 6.08 Å². The molecule has 0 spiro atoms. The zero-order chi connectivity index (χ0) is 19.3. The normalized spacial score (nSPS) is 11.6. The second-order valence-electron chi connectivity index (χ2n) is 6.33. The van der Waals surface area contributed by atoms with Gasteiger partial charge in [-0.3, -0.25) is 0 Å². The van der Waals surface area contributed by atoms with Gasteiger partial charge in [-0.05, 0) is 29.8 Å². The first-order valence-corrected chi connectivity index (χ1v) is 8.93. The van der Waals surface area contributed by atoms with E-state index in [9.17, 15) is 4.79 Å². The lowest BCUT2D eigenvalue weighted by Crippen LogP contribution is -1.95. The monoisotopic (exact) mass is 366 g/mol. The Hall–Kier alpha value is -3.92. The third-order valence-corrected chi connectivity index (χ3v) is 4.38. The topological polar surface area (TPSA) is 62.2 Å². The average molecular weight is 366 g/mol. The highest BCUT2D eigenvalue weighted by Gasteiger charge is 2.08. The number of benzene rings is 3. The largest absolute Gasteiger partial charge is 0.478 e. The van der Waals surface area contributed by atoms with Gasteiger partial charge in [0.1, 0.15) is 0 Å². The van der Waals surface area contributed by atoms with Crippen molar-refractivity contribution >= 4 is 45.2 Å². The van der Waals surface area contributed by atoms with Crippen LogP contribution in [0.5, 0.6) is 0 Å². The van der Waals surface area contributed by atoms with Crippen LogP contribution in [0.2, 0.25) is 0 Å². The lowest BCUT2D eigenvalue weighted by atomic mass is 10.1. The van der Waals surface area contributed by atoms with Crippen LogP contribution in [0.25, 0.3) is 27.9 Å². The summed E-state index contributed by atoms with van der Waals surface area (Å²) >= 11 is 0. The number of pyridine rings is 1. The number of nitrogens with one attached hydrogen (secondary N) is 1. The van der Waals surface area contributed by atoms with E-state index in [-0.39, 0.29) is 0 Å². The van der Waals surface area contributed by atoms with Gasteiger partial charge in [0.25, 0.3) is 0 Å². The number of rotatable bonds is 5. The van der Waals surface area contributed by atoms with E-state index in [4.69, 9.17) is 10.1 Å². The fourth-order valence-corrected chi connectivity index (χ4v) is 3.14. The Morgan fingerprint density at radius 3 is 2.21 bits per heavy atom. The summed E-state index contributed by atoms with van der Waals surface area (Å²) in [4.78, 5) is 15.3. The SMILES string of the molecule is O=C(O)/C=C/C=C\c1cccc(Nc2c3ccccc3nc3ccccc23)c1. The molecular formula is C24H18N2O2. The van der Waals surface area contributed by atoms with Crippen LogP contribution in [0.4, 0.5) is 11.4 Å². The molecule has 1 heterocycles. The van der Waals surface area contributed by atoms with Gasteiger partial charge >= 0.3 is 5.97 Å². The van der Waals surface area contributed by atoms with Crippen molar-refractivity contribution < 1.29 is 9.90 Å². The van der Waals surface area contributed by atoms with Crippen LogP contribution >= 0.6 is 0 Å². The molecule has 0 atom stereocenters. The minimum Gasteiger partial charge on any atom is -0.478 e. The Labute approximate surface area is 162 Å². The maximum atomic E-state index is 10.5. The summed E-state index contributed by atoms with van der Waals surface area (Å²) in [5, 5.41) is 14.3. The van der Waals surface area contributed by atoms with Crippen molar-refractivity contribution in [3.8, 4) is 0 Å². The molecule has 28 heavy (non-hydrogen) atoms. The zero-order valence-electron chi connectivity index (χ0n) is 15.0. The van der Waals surface area contributed by atoms with Gasteiger partial charge in [0.15, 0.2) is 0 Å². The standard InChI is InChI=1S/C24H18N2O2/c27-23(28)15-6-1-8-17-9-7-10-18(16-17)25-24-19-11-2-4-13-21(19)26-22-14-5-3-12-20(22)24/h1-16H,(H,25,26)(H,27,28)/b8-1-,15-6+. The summed E-state index contributed by atoms with van der Waals surface area (Å²) in [5.41, 5.74) is 4.83. The predicted octanol–water partition coefficient (Wildman–Crippen LogP) is 5.79. The summed E-state index contributed by atoms with van der Waals surface area (Å²) in [5.74, 6) is -0.962. The molecule has 4 aromatic rings. The second-order valence-corrected chi connectivity index (χ2v) is 6.33. The van der Waals surface area contributed by atoms with Crippen molar-refractivity contribution in [3.05, 3.63) is 96.6 Å². The molecule has 0 unspecified atom stereocenters. The number of anilines is 2. The quantitative estimate of drug-likeness (QED) is 0.267. The summed E-state index contributed by atoms with van der Waals surface area (Å²) in [6, 6.07) is 24.1. The fourth-order valence-electron chi connectivity index (χ4n) is 3.14. The highest BCUT2D eigenvalue weighted by molar-refractivity contribution is 6.08. The molecule has 4 nitrogen and oxygen atoms in total. The first-order chi connectivity index (χ1) is 13.7. The van der Waals surface area contributed by atoms with Gasteiger partial charge < -0.3 is 10.4 Å². The van der Waals surface area contributed by atoms with Gasteiger partial charge in [0.2, 0.25) is 0 Å². The summed E-state index contributed by atoms with van der Waals surface area (Å²) in [6.45, 7) is 0. The first kappa shape index (κ1) is 17.5. The molecule has 0 amide bonds. The van der Waals surface area contributed by atoms with Gasteiger partial charge in [-0.2, -0.15) is 0 Å². The number of fused-ring (bicyclic) bond motifs is 2. The molecule has 0 radical (unpaired) electrons. The number of allylic oxidation sites excluding steroid dienone is 2. The maximum absolute atomic E-state index is 10.5. The lowest BCUT2D eigenvalue weighted by Gasteiger charge is -2.13. The van der Waals surface area contributed by atoms with Crippen LogP contribution < -0.4 is 5.32 Å². The molecule has 3 aromatic carbocycles. The minimum atomic E-state index is -0.962. The summed E-state index contributed by atoms with van der Waals surface area (Å²) in [6.07, 6.45) is 6.19. The molecule has 2 N–H and O–H groups in total. The summed E-state index contributed by atoms with van der Waals surface area (Å²) < 4.78 is 0. The van der Waals surface area contributed by atoms with Crippen molar-refractivity contribution in [2.75, 3.05) is 5.32 Å². The Morgan fingerprint density at radius 1 is 0.857 bits per heavy atom. The Kier molecular flexibility index (Phi) is 4.85. The third kappa shape index (κ3) is 3.76. The van der Waals surface area contributed by atoms with E-state index < -0.39 is 5.97 Å². The number of carboxylic acids is 1. The lowest BCUT2D eigenvalue weighted by molar-refractivity contribution is -0.131. The van der Waals surface area contributed by atoms with Crippen LogP contribution in [0.15, 0.2) is 91.0 Å². The van der Waals surface area contributed by atoms with Gasteiger partial charge in [-0.25, -0.2) is 9.78 Å². The van der Waals surface area contributed by atoms with Gasteiger partial charge in [-0.1, -0.05) is 66.8 Å². The van der Waals surface area contributed by atoms with Gasteiger partial charge in [0.05, 0.1) is 16.7 Å². The fraction of sp³-hybridized carbons (Fsp3) is 0. The molecule has 136 valence electrons. The number of hydrogen-bond acceptors (Lipinski definition) is 3. The maximum Gasteiger partial charge on any atom is 0.328 e. The van der Waals surface area contributed by atoms with Crippen LogP contribution in [0.1, 0.15) is 5.56 Å². The molecule has 1 aromatic heterocycles. The molecule has 0 bridgehead atoms. The highest BCUT2D eigenvalue weighted by atomic mass is 16.4. The number of aliphatic carboxylic acids is 1. The van der Waals surface area contributed by atoms with Crippen LogP contribution in [0, 0.1) is 0 Å². The van der Waals surface area contributed by atoms with Crippen molar-refractivity contribution in [2.24, 2.45) is 0 Å². The van der Waals surface area contributed by atoms with E-state index >= 15 is 0 Å². The van der Waals surface area contributed by atoms with Crippen molar-refractivity contribution in [1.82, 2.24) is 4.98 Å². The molecule has 4 rings (SSSR count). The number of aromatic nitrogens is 1.